The molecule has 0 N–H and O–H groups in total. The Balaban J connectivity index is 1.68. The van der Waals surface area contributed by atoms with Crippen LogP contribution in [-0.2, 0) is 4.79 Å². The van der Waals surface area contributed by atoms with Gasteiger partial charge >= 0.3 is 0 Å². The molecule has 1 fully saturated rings. The van der Waals surface area contributed by atoms with E-state index in [-0.39, 0.29) is 11.5 Å². The normalized spacial score (nSPS) is 15.0. The molecular weight excluding hydrogens is 378 g/mol. The molecule has 0 spiro atoms. The van der Waals surface area contributed by atoms with Crippen LogP contribution in [0.25, 0.3) is 6.08 Å². The number of para-hydroxylation sites is 1. The highest BCUT2D eigenvalue weighted by Gasteiger charge is 2.23. The van der Waals surface area contributed by atoms with Gasteiger partial charge in [0.2, 0.25) is 0 Å². The van der Waals surface area contributed by atoms with Gasteiger partial charge in [-0.1, -0.05) is 46.3 Å². The van der Waals surface area contributed by atoms with E-state index in [4.69, 9.17) is 0 Å². The smallest absolute Gasteiger partial charge is 0.264 e. The van der Waals surface area contributed by atoms with Gasteiger partial charge in [0.25, 0.3) is 5.91 Å². The second-order valence-electron chi connectivity index (χ2n) is 5.84. The summed E-state index contributed by atoms with van der Waals surface area (Å²) >= 11 is 3.40. The van der Waals surface area contributed by atoms with Gasteiger partial charge in [0.1, 0.15) is 11.6 Å². The largest absolute Gasteiger partial charge is 0.368 e. The number of hydrogen-bond acceptors (Lipinski definition) is 3. The molecule has 0 atom stereocenters. The molecule has 1 amide bonds. The molecule has 25 heavy (non-hydrogen) atoms. The van der Waals surface area contributed by atoms with E-state index >= 15 is 0 Å². The Bertz CT molecular complexity index is 818. The maximum absolute atomic E-state index is 12.7. The number of nitriles is 1. The van der Waals surface area contributed by atoms with E-state index in [1.807, 2.05) is 42.5 Å². The first-order chi connectivity index (χ1) is 12.2. The van der Waals surface area contributed by atoms with Crippen LogP contribution in [0.5, 0.6) is 0 Å². The summed E-state index contributed by atoms with van der Waals surface area (Å²) in [4.78, 5) is 16.7. The predicted octanol–water partition coefficient (Wildman–Crippen LogP) is 3.70. The maximum Gasteiger partial charge on any atom is 0.264 e. The first-order valence-electron chi connectivity index (χ1n) is 8.14. The monoisotopic (exact) mass is 395 g/mol. The lowest BCUT2D eigenvalue weighted by atomic mass is 10.1. The SMILES string of the molecule is N#C/C(=C/c1cccc(Br)c1)C(=O)N1CCN(c2ccccc2)CC1. The van der Waals surface area contributed by atoms with Gasteiger partial charge in [-0.25, -0.2) is 0 Å². The molecule has 1 saturated heterocycles. The second-order valence-corrected chi connectivity index (χ2v) is 6.76. The lowest BCUT2D eigenvalue weighted by Crippen LogP contribution is -2.49. The highest BCUT2D eigenvalue weighted by molar-refractivity contribution is 9.10. The molecule has 0 saturated carbocycles. The van der Waals surface area contributed by atoms with Gasteiger partial charge < -0.3 is 9.80 Å². The molecule has 4 nitrogen and oxygen atoms in total. The summed E-state index contributed by atoms with van der Waals surface area (Å²) < 4.78 is 0.919. The summed E-state index contributed by atoms with van der Waals surface area (Å²) in [6.45, 7) is 2.77. The molecule has 1 aliphatic rings. The van der Waals surface area contributed by atoms with Crippen LogP contribution in [0.2, 0.25) is 0 Å². The van der Waals surface area contributed by atoms with Crippen LogP contribution < -0.4 is 4.90 Å². The molecule has 126 valence electrons. The Labute approximate surface area is 156 Å². The Morgan fingerprint density at radius 3 is 2.40 bits per heavy atom. The Morgan fingerprint density at radius 1 is 1.04 bits per heavy atom. The summed E-state index contributed by atoms with van der Waals surface area (Å²) in [5, 5.41) is 9.40. The first-order valence-corrected chi connectivity index (χ1v) is 8.93. The standard InChI is InChI=1S/C20H18BrN3O/c21-18-6-4-5-16(14-18)13-17(15-22)20(25)24-11-9-23(10-12-24)19-7-2-1-3-8-19/h1-8,13-14H,9-12H2/b17-13-. The highest BCUT2D eigenvalue weighted by atomic mass is 79.9. The van der Waals surface area contributed by atoms with Gasteiger partial charge in [-0.15, -0.1) is 0 Å². The van der Waals surface area contributed by atoms with Crippen molar-refractivity contribution in [2.75, 3.05) is 31.1 Å². The topological polar surface area (TPSA) is 47.3 Å². The fourth-order valence-corrected chi connectivity index (χ4v) is 3.30. The van der Waals surface area contributed by atoms with Crippen molar-refractivity contribution in [3.63, 3.8) is 0 Å². The van der Waals surface area contributed by atoms with E-state index in [9.17, 15) is 10.1 Å². The summed E-state index contributed by atoms with van der Waals surface area (Å²) in [7, 11) is 0. The third-order valence-corrected chi connectivity index (χ3v) is 4.69. The van der Waals surface area contributed by atoms with Crippen LogP contribution in [0.4, 0.5) is 5.69 Å². The number of nitrogens with zero attached hydrogens (tertiary/aromatic N) is 3. The molecule has 1 aliphatic heterocycles. The number of rotatable bonds is 3. The van der Waals surface area contributed by atoms with Crippen molar-refractivity contribution < 1.29 is 4.79 Å². The summed E-state index contributed by atoms with van der Waals surface area (Å²) in [5.41, 5.74) is 2.17. The number of carbonyl (C=O) groups is 1. The molecule has 0 unspecified atom stereocenters. The molecule has 2 aromatic carbocycles. The minimum atomic E-state index is -0.199. The molecule has 0 aromatic heterocycles. The van der Waals surface area contributed by atoms with Gasteiger partial charge in [-0.3, -0.25) is 4.79 Å². The maximum atomic E-state index is 12.7. The number of hydrogen-bond donors (Lipinski definition) is 0. The lowest BCUT2D eigenvalue weighted by Gasteiger charge is -2.36. The molecule has 0 aliphatic carbocycles. The van der Waals surface area contributed by atoms with Crippen molar-refractivity contribution in [1.82, 2.24) is 4.90 Å². The Kier molecular flexibility index (Phi) is 5.52. The fourth-order valence-electron chi connectivity index (χ4n) is 2.88. The first kappa shape index (κ1) is 17.2. The van der Waals surface area contributed by atoms with Crippen molar-refractivity contribution in [3.05, 3.63) is 70.2 Å². The van der Waals surface area contributed by atoms with Crippen LogP contribution >= 0.6 is 15.9 Å². The van der Waals surface area contributed by atoms with Crippen molar-refractivity contribution in [2.45, 2.75) is 0 Å². The number of anilines is 1. The number of benzene rings is 2. The zero-order chi connectivity index (χ0) is 17.6. The van der Waals surface area contributed by atoms with Gasteiger partial charge in [-0.2, -0.15) is 5.26 Å². The van der Waals surface area contributed by atoms with Crippen molar-refractivity contribution in [3.8, 4) is 6.07 Å². The van der Waals surface area contributed by atoms with Crippen molar-refractivity contribution >= 4 is 33.6 Å². The third kappa shape index (κ3) is 4.28. The summed E-state index contributed by atoms with van der Waals surface area (Å²) in [6.07, 6.45) is 1.65. The molecule has 5 heteroatoms. The number of halogens is 1. The van der Waals surface area contributed by atoms with E-state index in [1.54, 1.807) is 11.0 Å². The summed E-state index contributed by atoms with van der Waals surface area (Å²) in [6, 6.07) is 19.8. The molecular formula is C20H18BrN3O. The zero-order valence-corrected chi connectivity index (χ0v) is 15.3. The Hall–Kier alpha value is -2.58. The summed E-state index contributed by atoms with van der Waals surface area (Å²) in [5.74, 6) is -0.199. The van der Waals surface area contributed by atoms with Crippen molar-refractivity contribution in [2.24, 2.45) is 0 Å². The van der Waals surface area contributed by atoms with Crippen molar-refractivity contribution in [1.29, 1.82) is 5.26 Å². The molecule has 3 rings (SSSR count). The highest BCUT2D eigenvalue weighted by Crippen LogP contribution is 2.18. The average molecular weight is 396 g/mol. The van der Waals surface area contributed by atoms with Gasteiger partial charge in [0.15, 0.2) is 0 Å². The molecule has 2 aromatic rings. The van der Waals surface area contributed by atoms with Crippen LogP contribution in [0, 0.1) is 11.3 Å². The molecule has 1 heterocycles. The van der Waals surface area contributed by atoms with Crippen LogP contribution in [-0.4, -0.2) is 37.0 Å². The molecule has 0 radical (unpaired) electrons. The van der Waals surface area contributed by atoms with E-state index in [2.05, 4.69) is 39.0 Å². The number of amides is 1. The van der Waals surface area contributed by atoms with E-state index in [0.717, 1.165) is 23.1 Å². The third-order valence-electron chi connectivity index (χ3n) is 4.20. The van der Waals surface area contributed by atoms with Crippen LogP contribution in [0.3, 0.4) is 0 Å². The number of piperazine rings is 1. The average Bonchev–Trinajstić information content (AvgIpc) is 2.66. The second kappa shape index (κ2) is 8.00. The minimum absolute atomic E-state index is 0.172. The molecule has 0 bridgehead atoms. The van der Waals surface area contributed by atoms with Crippen LogP contribution in [0.15, 0.2) is 64.6 Å². The predicted molar refractivity (Wildman–Crippen MR) is 103 cm³/mol. The zero-order valence-electron chi connectivity index (χ0n) is 13.7. The minimum Gasteiger partial charge on any atom is -0.368 e. The van der Waals surface area contributed by atoms with Gasteiger partial charge in [-0.05, 0) is 35.9 Å². The Morgan fingerprint density at radius 2 is 1.76 bits per heavy atom. The van der Waals surface area contributed by atoms with Gasteiger partial charge in [0.05, 0.1) is 0 Å². The van der Waals surface area contributed by atoms with E-state index in [0.29, 0.717) is 13.1 Å². The van der Waals surface area contributed by atoms with E-state index in [1.165, 1.54) is 5.69 Å². The van der Waals surface area contributed by atoms with E-state index < -0.39 is 0 Å². The van der Waals surface area contributed by atoms with Crippen LogP contribution in [0.1, 0.15) is 5.56 Å². The van der Waals surface area contributed by atoms with Gasteiger partial charge in [0, 0.05) is 36.3 Å². The quantitative estimate of drug-likeness (QED) is 0.587. The fraction of sp³-hybridized carbons (Fsp3) is 0.200. The number of carbonyl (C=O) groups excluding carboxylic acids is 1. The lowest BCUT2D eigenvalue weighted by molar-refractivity contribution is -0.126.